The number of aliphatic hydroxyl groups is 1. The molecule has 0 radical (unpaired) electrons. The van der Waals surface area contributed by atoms with Gasteiger partial charge in [0.2, 0.25) is 0 Å². The molecule has 228 valence electrons. The Kier molecular flexibility index (Phi) is 7.88. The molecule has 40 heavy (non-hydrogen) atoms. The van der Waals surface area contributed by atoms with Crippen molar-refractivity contribution < 1.29 is 9.84 Å². The maximum absolute atomic E-state index is 11.2. The molecule has 2 heteroatoms. The van der Waals surface area contributed by atoms with Crippen LogP contribution in [0, 0.1) is 56.2 Å². The predicted octanol–water partition coefficient (Wildman–Crippen LogP) is 10.2. The molecule has 0 bridgehead atoms. The summed E-state index contributed by atoms with van der Waals surface area (Å²) < 4.78 is 5.71. The summed E-state index contributed by atoms with van der Waals surface area (Å²) in [6, 6.07) is 0. The minimum atomic E-state index is -0.753. The van der Waals surface area contributed by atoms with E-state index in [1.165, 1.54) is 32.1 Å². The van der Waals surface area contributed by atoms with E-state index in [-0.39, 0.29) is 33.2 Å². The van der Waals surface area contributed by atoms with E-state index < -0.39 is 5.60 Å². The van der Waals surface area contributed by atoms with Gasteiger partial charge in [0.25, 0.3) is 0 Å². The van der Waals surface area contributed by atoms with Crippen molar-refractivity contribution in [3.63, 3.8) is 0 Å². The summed E-state index contributed by atoms with van der Waals surface area (Å²) in [6.45, 7) is 31.0. The Bertz CT molecular complexity index is 1060. The van der Waals surface area contributed by atoms with Gasteiger partial charge in [-0.25, -0.2) is 0 Å². The minimum Gasteiger partial charge on any atom is -0.390 e. The van der Waals surface area contributed by atoms with Gasteiger partial charge < -0.3 is 9.84 Å². The van der Waals surface area contributed by atoms with Crippen LogP contribution >= 0.6 is 0 Å². The SMILES string of the molecule is COC1C=CC2(C)C(=CC=C3C2CCC2(C)C3CCC2C(C)CC(C)(C)C(C)(C)C(C)(C)C(C)(C)C(C)(C)O)C1. The summed E-state index contributed by atoms with van der Waals surface area (Å²) in [7, 11) is 1.84. The molecule has 0 heterocycles. The number of allylic oxidation sites excluding steroid dienone is 4. The smallest absolute Gasteiger partial charge is 0.0789 e. The zero-order chi connectivity index (χ0) is 30.3. The standard InChI is InChI=1S/C38H64O2/c1-25(24-32(2,3)33(4,5)34(6,7)35(8,9)36(10,11)39)29-17-18-30-28-16-15-26-23-27(40-14)19-21-37(26,12)31(28)20-22-38(29,30)13/h15-16,19,21,25,27,29-31,39H,17-18,20,22-24H2,1-14H3. The molecule has 1 N–H and O–H groups in total. The fourth-order valence-electron chi connectivity index (χ4n) is 10.3. The Morgan fingerprint density at radius 3 is 2.08 bits per heavy atom. The van der Waals surface area contributed by atoms with Gasteiger partial charge in [-0.3, -0.25) is 0 Å². The molecule has 4 aliphatic carbocycles. The highest BCUT2D eigenvalue weighted by Crippen LogP contribution is 2.68. The molecule has 2 saturated carbocycles. The molecule has 4 rings (SSSR count). The van der Waals surface area contributed by atoms with E-state index in [2.05, 4.69) is 100 Å². The Balaban J connectivity index is 1.57. The predicted molar refractivity (Wildman–Crippen MR) is 171 cm³/mol. The average Bonchev–Trinajstić information content (AvgIpc) is 3.19. The Labute approximate surface area is 248 Å². The quantitative estimate of drug-likeness (QED) is 0.304. The second-order valence-corrected chi connectivity index (χ2v) is 17.8. The molecule has 0 aromatic carbocycles. The number of ether oxygens (including phenoxy) is 1. The maximum Gasteiger partial charge on any atom is 0.0789 e. The topological polar surface area (TPSA) is 29.5 Å². The molecule has 7 atom stereocenters. The monoisotopic (exact) mass is 552 g/mol. The van der Waals surface area contributed by atoms with Gasteiger partial charge in [-0.1, -0.05) is 112 Å². The third-order valence-corrected chi connectivity index (χ3v) is 15.3. The van der Waals surface area contributed by atoms with Crippen LogP contribution in [0.3, 0.4) is 0 Å². The lowest BCUT2D eigenvalue weighted by atomic mass is 9.43. The maximum atomic E-state index is 11.2. The molecule has 0 aromatic heterocycles. The highest BCUT2D eigenvalue weighted by Gasteiger charge is 2.60. The highest BCUT2D eigenvalue weighted by atomic mass is 16.5. The summed E-state index contributed by atoms with van der Waals surface area (Å²) in [5, 5.41) is 11.2. The second-order valence-electron chi connectivity index (χ2n) is 17.8. The van der Waals surface area contributed by atoms with Gasteiger partial charge in [0.1, 0.15) is 0 Å². The molecule has 4 aliphatic rings. The third-order valence-electron chi connectivity index (χ3n) is 15.3. The van der Waals surface area contributed by atoms with Gasteiger partial charge in [-0.05, 0) is 103 Å². The first kappa shape index (κ1) is 32.1. The average molecular weight is 553 g/mol. The summed E-state index contributed by atoms with van der Waals surface area (Å²) >= 11 is 0. The van der Waals surface area contributed by atoms with Crippen LogP contribution in [0.15, 0.2) is 35.5 Å². The van der Waals surface area contributed by atoms with E-state index in [0.717, 1.165) is 12.3 Å². The Morgan fingerprint density at radius 2 is 1.50 bits per heavy atom. The Hall–Kier alpha value is -0.860. The molecule has 0 aromatic rings. The van der Waals surface area contributed by atoms with E-state index in [1.54, 1.807) is 11.1 Å². The van der Waals surface area contributed by atoms with Gasteiger partial charge in [0.15, 0.2) is 0 Å². The molecule has 0 amide bonds. The minimum absolute atomic E-state index is 0.0311. The van der Waals surface area contributed by atoms with Crippen LogP contribution in [0.25, 0.3) is 0 Å². The summed E-state index contributed by atoms with van der Waals surface area (Å²) in [5.41, 5.74) is 2.98. The fourth-order valence-corrected chi connectivity index (χ4v) is 10.3. The van der Waals surface area contributed by atoms with Crippen LogP contribution in [0.1, 0.15) is 129 Å². The van der Waals surface area contributed by atoms with E-state index in [4.69, 9.17) is 4.74 Å². The molecule has 2 fully saturated rings. The van der Waals surface area contributed by atoms with Gasteiger partial charge in [-0.2, -0.15) is 0 Å². The fraction of sp³-hybridized carbons (Fsp3) is 0.842. The zero-order valence-electron chi connectivity index (χ0n) is 28.8. The van der Waals surface area contributed by atoms with E-state index >= 15 is 0 Å². The molecule has 2 nitrogen and oxygen atoms in total. The van der Waals surface area contributed by atoms with Crippen molar-refractivity contribution in [2.24, 2.45) is 56.2 Å². The second kappa shape index (κ2) is 9.83. The van der Waals surface area contributed by atoms with E-state index in [9.17, 15) is 5.11 Å². The van der Waals surface area contributed by atoms with Crippen molar-refractivity contribution in [1.82, 2.24) is 0 Å². The van der Waals surface area contributed by atoms with Crippen molar-refractivity contribution in [2.75, 3.05) is 7.11 Å². The van der Waals surface area contributed by atoms with Crippen molar-refractivity contribution >= 4 is 0 Å². The molecular formula is C38H64O2. The van der Waals surface area contributed by atoms with Gasteiger partial charge in [0, 0.05) is 12.5 Å². The first-order valence-electron chi connectivity index (χ1n) is 16.4. The van der Waals surface area contributed by atoms with Gasteiger partial charge in [0.05, 0.1) is 11.7 Å². The lowest BCUT2D eigenvalue weighted by Crippen LogP contribution is -2.59. The van der Waals surface area contributed by atoms with Gasteiger partial charge in [-0.15, -0.1) is 0 Å². The third kappa shape index (κ3) is 4.47. The van der Waals surface area contributed by atoms with Crippen LogP contribution in [0.5, 0.6) is 0 Å². The Morgan fingerprint density at radius 1 is 0.875 bits per heavy atom. The van der Waals surface area contributed by atoms with Gasteiger partial charge >= 0.3 is 0 Å². The van der Waals surface area contributed by atoms with E-state index in [1.807, 2.05) is 21.0 Å². The van der Waals surface area contributed by atoms with E-state index in [0.29, 0.717) is 23.2 Å². The van der Waals surface area contributed by atoms with Crippen LogP contribution in [-0.2, 0) is 4.74 Å². The molecular weight excluding hydrogens is 488 g/mol. The number of hydrogen-bond acceptors (Lipinski definition) is 2. The zero-order valence-corrected chi connectivity index (χ0v) is 28.8. The number of methoxy groups -OCH3 is 1. The number of hydrogen-bond donors (Lipinski definition) is 1. The lowest BCUT2D eigenvalue weighted by molar-refractivity contribution is -0.178. The normalized spacial score (nSPS) is 35.9. The van der Waals surface area contributed by atoms with Crippen molar-refractivity contribution in [1.29, 1.82) is 0 Å². The summed E-state index contributed by atoms with van der Waals surface area (Å²) in [4.78, 5) is 0. The molecule has 0 saturated heterocycles. The molecule has 0 aliphatic heterocycles. The molecule has 0 spiro atoms. The van der Waals surface area contributed by atoms with Crippen molar-refractivity contribution in [3.8, 4) is 0 Å². The van der Waals surface area contributed by atoms with Crippen LogP contribution in [0.2, 0.25) is 0 Å². The van der Waals surface area contributed by atoms with Crippen LogP contribution < -0.4 is 0 Å². The largest absolute Gasteiger partial charge is 0.390 e. The van der Waals surface area contributed by atoms with Crippen molar-refractivity contribution in [3.05, 3.63) is 35.5 Å². The number of rotatable bonds is 8. The first-order chi connectivity index (χ1) is 18.1. The first-order valence-corrected chi connectivity index (χ1v) is 16.4. The summed E-state index contributed by atoms with van der Waals surface area (Å²) in [5.74, 6) is 2.79. The van der Waals surface area contributed by atoms with Crippen molar-refractivity contribution in [2.45, 2.75) is 140 Å². The summed E-state index contributed by atoms with van der Waals surface area (Å²) in [6.07, 6.45) is 17.7. The highest BCUT2D eigenvalue weighted by molar-refractivity contribution is 5.43. The lowest BCUT2D eigenvalue weighted by Gasteiger charge is -2.62. The molecule has 7 unspecified atom stereocenters. The number of fused-ring (bicyclic) bond motifs is 5. The van der Waals surface area contributed by atoms with Crippen LogP contribution in [0.4, 0.5) is 0 Å². The van der Waals surface area contributed by atoms with Crippen LogP contribution in [-0.4, -0.2) is 23.9 Å².